The molecule has 2 rings (SSSR count). The number of nitrogens with zero attached hydrogens (tertiary/aromatic N) is 1. The summed E-state index contributed by atoms with van der Waals surface area (Å²) in [4.78, 5) is 7.63. The van der Waals surface area contributed by atoms with Crippen LogP contribution in [-0.4, -0.2) is 24.2 Å². The van der Waals surface area contributed by atoms with Gasteiger partial charge in [0.2, 0.25) is 0 Å². The summed E-state index contributed by atoms with van der Waals surface area (Å²) in [5, 5.41) is 0. The number of rotatable bonds is 5. The number of H-pyrrole nitrogens is 1. The van der Waals surface area contributed by atoms with E-state index < -0.39 is 0 Å². The van der Waals surface area contributed by atoms with Crippen molar-refractivity contribution in [3.8, 4) is 22.8 Å². The molecule has 0 aliphatic heterocycles. The van der Waals surface area contributed by atoms with Crippen LogP contribution in [-0.2, 0) is 0 Å². The number of nitrogens with two attached hydrogens (primary N) is 1. The molecule has 0 fully saturated rings. The molecule has 0 amide bonds. The maximum absolute atomic E-state index is 6.11. The molecule has 1 atom stereocenters. The SMILES string of the molecule is COc1ccc(OC)c(-c2cnc(C(N)C(C)C)[nH]2)c1. The molecule has 0 aliphatic carbocycles. The van der Waals surface area contributed by atoms with Gasteiger partial charge in [0.05, 0.1) is 32.2 Å². The van der Waals surface area contributed by atoms with Gasteiger partial charge < -0.3 is 20.2 Å². The number of aromatic amines is 1. The zero-order valence-corrected chi connectivity index (χ0v) is 12.3. The van der Waals surface area contributed by atoms with Crippen molar-refractivity contribution in [1.82, 2.24) is 9.97 Å². The van der Waals surface area contributed by atoms with Crippen LogP contribution in [0.4, 0.5) is 0 Å². The first kappa shape index (κ1) is 14.4. The number of ether oxygens (including phenoxy) is 2. The summed E-state index contributed by atoms with van der Waals surface area (Å²) in [6.07, 6.45) is 1.77. The highest BCUT2D eigenvalue weighted by Crippen LogP contribution is 2.33. The number of imidazole rings is 1. The van der Waals surface area contributed by atoms with Crippen molar-refractivity contribution >= 4 is 0 Å². The van der Waals surface area contributed by atoms with E-state index in [0.29, 0.717) is 5.92 Å². The first-order valence-corrected chi connectivity index (χ1v) is 6.59. The van der Waals surface area contributed by atoms with E-state index in [2.05, 4.69) is 23.8 Å². The van der Waals surface area contributed by atoms with Crippen LogP contribution in [0.5, 0.6) is 11.5 Å². The predicted molar refractivity (Wildman–Crippen MR) is 78.9 cm³/mol. The number of methoxy groups -OCH3 is 2. The van der Waals surface area contributed by atoms with E-state index in [1.807, 2.05) is 18.2 Å². The largest absolute Gasteiger partial charge is 0.497 e. The van der Waals surface area contributed by atoms with E-state index in [1.54, 1.807) is 20.4 Å². The van der Waals surface area contributed by atoms with E-state index in [0.717, 1.165) is 28.6 Å². The first-order valence-electron chi connectivity index (χ1n) is 6.59. The molecule has 5 heteroatoms. The van der Waals surface area contributed by atoms with Gasteiger partial charge in [0.15, 0.2) is 0 Å². The summed E-state index contributed by atoms with van der Waals surface area (Å²) < 4.78 is 10.6. The molecule has 20 heavy (non-hydrogen) atoms. The van der Waals surface area contributed by atoms with Crippen LogP contribution in [0.1, 0.15) is 25.7 Å². The number of benzene rings is 1. The monoisotopic (exact) mass is 275 g/mol. The predicted octanol–water partition coefficient (Wildman–Crippen LogP) is 2.75. The van der Waals surface area contributed by atoms with Crippen molar-refractivity contribution in [2.45, 2.75) is 19.9 Å². The van der Waals surface area contributed by atoms with Crippen LogP contribution in [0.25, 0.3) is 11.3 Å². The van der Waals surface area contributed by atoms with Crippen LogP contribution in [0.2, 0.25) is 0 Å². The van der Waals surface area contributed by atoms with Crippen LogP contribution < -0.4 is 15.2 Å². The summed E-state index contributed by atoms with van der Waals surface area (Å²) in [6, 6.07) is 5.54. The standard InChI is InChI=1S/C15H21N3O2/c1-9(2)14(16)15-17-8-12(18-15)11-7-10(19-3)5-6-13(11)20-4/h5-9,14H,16H2,1-4H3,(H,17,18). The van der Waals surface area contributed by atoms with Crippen molar-refractivity contribution in [3.05, 3.63) is 30.2 Å². The third kappa shape index (κ3) is 2.77. The Kier molecular flexibility index (Phi) is 4.29. The molecule has 0 spiro atoms. The average molecular weight is 275 g/mol. The van der Waals surface area contributed by atoms with Gasteiger partial charge in [0, 0.05) is 5.56 Å². The number of hydrogen-bond donors (Lipinski definition) is 2. The van der Waals surface area contributed by atoms with Crippen LogP contribution >= 0.6 is 0 Å². The van der Waals surface area contributed by atoms with Gasteiger partial charge in [-0.3, -0.25) is 0 Å². The lowest BCUT2D eigenvalue weighted by Crippen LogP contribution is -2.18. The van der Waals surface area contributed by atoms with Gasteiger partial charge in [-0.25, -0.2) is 4.98 Å². The molecular formula is C15H21N3O2. The summed E-state index contributed by atoms with van der Waals surface area (Å²) >= 11 is 0. The minimum absolute atomic E-state index is 0.111. The third-order valence-electron chi connectivity index (χ3n) is 3.33. The van der Waals surface area contributed by atoms with Crippen molar-refractivity contribution in [2.24, 2.45) is 11.7 Å². The highest BCUT2D eigenvalue weighted by Gasteiger charge is 2.16. The number of aromatic nitrogens is 2. The molecule has 0 bridgehead atoms. The molecule has 1 aromatic carbocycles. The van der Waals surface area contributed by atoms with E-state index in [-0.39, 0.29) is 6.04 Å². The van der Waals surface area contributed by atoms with Gasteiger partial charge in [0.25, 0.3) is 0 Å². The van der Waals surface area contributed by atoms with Gasteiger partial charge in [-0.1, -0.05) is 13.8 Å². The average Bonchev–Trinajstić information content (AvgIpc) is 2.95. The quantitative estimate of drug-likeness (QED) is 0.880. The first-order chi connectivity index (χ1) is 9.56. The van der Waals surface area contributed by atoms with Gasteiger partial charge >= 0.3 is 0 Å². The Morgan fingerprint density at radius 3 is 2.55 bits per heavy atom. The maximum atomic E-state index is 6.11. The van der Waals surface area contributed by atoms with Crippen molar-refractivity contribution < 1.29 is 9.47 Å². The third-order valence-corrected chi connectivity index (χ3v) is 3.33. The fourth-order valence-electron chi connectivity index (χ4n) is 1.98. The Labute approximate surface area is 119 Å². The van der Waals surface area contributed by atoms with Gasteiger partial charge in [-0.15, -0.1) is 0 Å². The highest BCUT2D eigenvalue weighted by molar-refractivity contribution is 5.68. The Morgan fingerprint density at radius 1 is 1.20 bits per heavy atom. The molecular weight excluding hydrogens is 254 g/mol. The molecule has 1 heterocycles. The van der Waals surface area contributed by atoms with E-state index >= 15 is 0 Å². The molecule has 2 aromatic rings. The van der Waals surface area contributed by atoms with Gasteiger partial charge in [-0.05, 0) is 24.1 Å². The fraction of sp³-hybridized carbons (Fsp3) is 0.400. The molecule has 1 unspecified atom stereocenters. The molecule has 108 valence electrons. The number of hydrogen-bond acceptors (Lipinski definition) is 4. The van der Waals surface area contributed by atoms with Gasteiger partial charge in [-0.2, -0.15) is 0 Å². The summed E-state index contributed by atoms with van der Waals surface area (Å²) in [5.74, 6) is 2.63. The summed E-state index contributed by atoms with van der Waals surface area (Å²) in [6.45, 7) is 4.14. The second kappa shape index (κ2) is 5.96. The Hall–Kier alpha value is -2.01. The Morgan fingerprint density at radius 2 is 1.95 bits per heavy atom. The molecule has 3 N–H and O–H groups in total. The summed E-state index contributed by atoms with van der Waals surface area (Å²) in [5.41, 5.74) is 7.88. The molecule has 0 aliphatic rings. The zero-order valence-electron chi connectivity index (χ0n) is 12.3. The smallest absolute Gasteiger partial charge is 0.128 e. The summed E-state index contributed by atoms with van der Waals surface area (Å²) in [7, 11) is 3.28. The van der Waals surface area contributed by atoms with E-state index in [1.165, 1.54) is 0 Å². The molecule has 0 saturated heterocycles. The minimum atomic E-state index is -0.111. The zero-order chi connectivity index (χ0) is 14.7. The van der Waals surface area contributed by atoms with E-state index in [9.17, 15) is 0 Å². The van der Waals surface area contributed by atoms with Gasteiger partial charge in [0.1, 0.15) is 17.3 Å². The maximum Gasteiger partial charge on any atom is 0.128 e. The van der Waals surface area contributed by atoms with Crippen molar-refractivity contribution in [2.75, 3.05) is 14.2 Å². The highest BCUT2D eigenvalue weighted by atomic mass is 16.5. The van der Waals surface area contributed by atoms with Crippen LogP contribution in [0.15, 0.2) is 24.4 Å². The lowest BCUT2D eigenvalue weighted by Gasteiger charge is -2.12. The van der Waals surface area contributed by atoms with E-state index in [4.69, 9.17) is 15.2 Å². The van der Waals surface area contributed by atoms with Crippen molar-refractivity contribution in [3.63, 3.8) is 0 Å². The minimum Gasteiger partial charge on any atom is -0.497 e. The van der Waals surface area contributed by atoms with Crippen LogP contribution in [0.3, 0.4) is 0 Å². The number of nitrogens with one attached hydrogen (secondary N) is 1. The second-order valence-corrected chi connectivity index (χ2v) is 5.02. The molecule has 5 nitrogen and oxygen atoms in total. The lowest BCUT2D eigenvalue weighted by atomic mass is 10.1. The Balaban J connectivity index is 2.41. The normalized spacial score (nSPS) is 12.5. The topological polar surface area (TPSA) is 73.2 Å². The fourth-order valence-corrected chi connectivity index (χ4v) is 1.98. The molecule has 0 radical (unpaired) electrons. The van der Waals surface area contributed by atoms with Crippen molar-refractivity contribution in [1.29, 1.82) is 0 Å². The lowest BCUT2D eigenvalue weighted by molar-refractivity contribution is 0.404. The molecule has 0 saturated carbocycles. The van der Waals surface area contributed by atoms with Crippen LogP contribution in [0, 0.1) is 5.92 Å². The Bertz CT molecular complexity index is 578. The second-order valence-electron chi connectivity index (χ2n) is 5.02. The molecule has 1 aromatic heterocycles.